The molecule has 0 fully saturated rings. The number of carbonyl (C=O) groups is 1. The summed E-state index contributed by atoms with van der Waals surface area (Å²) in [4.78, 5) is 12.3. The van der Waals surface area contributed by atoms with E-state index in [1.807, 2.05) is 37.3 Å². The van der Waals surface area contributed by atoms with Gasteiger partial charge in [-0.15, -0.1) is 6.58 Å². The second-order valence-corrected chi connectivity index (χ2v) is 7.95. The van der Waals surface area contributed by atoms with Gasteiger partial charge in [-0.05, 0) is 29.7 Å². The van der Waals surface area contributed by atoms with Crippen molar-refractivity contribution in [1.82, 2.24) is 10.0 Å². The minimum atomic E-state index is -3.82. The molecule has 7 heteroatoms. The van der Waals surface area contributed by atoms with Crippen molar-refractivity contribution < 1.29 is 13.2 Å². The maximum atomic E-state index is 12.4. The molecule has 0 aliphatic carbocycles. The van der Waals surface area contributed by atoms with Gasteiger partial charge in [0.15, 0.2) is 0 Å². The minimum Gasteiger partial charge on any atom is -0.351 e. The van der Waals surface area contributed by atoms with Gasteiger partial charge in [0.05, 0.1) is 5.02 Å². The van der Waals surface area contributed by atoms with Crippen LogP contribution in [0.5, 0.6) is 0 Å². The van der Waals surface area contributed by atoms with Gasteiger partial charge < -0.3 is 5.32 Å². The van der Waals surface area contributed by atoms with Crippen molar-refractivity contribution in [2.45, 2.75) is 17.7 Å². The number of sulfonamides is 1. The topological polar surface area (TPSA) is 75.3 Å². The van der Waals surface area contributed by atoms with Crippen LogP contribution >= 0.6 is 11.6 Å². The Labute approximate surface area is 159 Å². The quantitative estimate of drug-likeness (QED) is 0.676. The third kappa shape index (κ3) is 5.17. The van der Waals surface area contributed by atoms with Crippen LogP contribution in [-0.2, 0) is 10.0 Å². The number of halogens is 1. The normalized spacial score (nSPS) is 12.4. The monoisotopic (exact) mass is 392 g/mol. The van der Waals surface area contributed by atoms with Gasteiger partial charge in [0.1, 0.15) is 4.90 Å². The van der Waals surface area contributed by atoms with Gasteiger partial charge in [-0.1, -0.05) is 54.9 Å². The first-order valence-corrected chi connectivity index (χ1v) is 9.94. The zero-order valence-corrected chi connectivity index (χ0v) is 16.0. The molecule has 138 valence electrons. The van der Waals surface area contributed by atoms with E-state index in [2.05, 4.69) is 16.6 Å². The van der Waals surface area contributed by atoms with Crippen LogP contribution in [0.3, 0.4) is 0 Å². The smallest absolute Gasteiger partial charge is 0.251 e. The Hall–Kier alpha value is -2.15. The Morgan fingerprint density at radius 1 is 1.23 bits per heavy atom. The Kier molecular flexibility index (Phi) is 6.97. The Morgan fingerprint density at radius 3 is 2.58 bits per heavy atom. The van der Waals surface area contributed by atoms with Crippen LogP contribution in [0.2, 0.25) is 5.02 Å². The summed E-state index contributed by atoms with van der Waals surface area (Å²) in [5, 5.41) is 2.88. The number of amides is 1. The minimum absolute atomic E-state index is 0.0516. The summed E-state index contributed by atoms with van der Waals surface area (Å²) in [5.74, 6) is -0.227. The molecule has 2 aromatic rings. The van der Waals surface area contributed by atoms with E-state index in [9.17, 15) is 13.2 Å². The Bertz CT molecular complexity index is 883. The predicted molar refractivity (Wildman–Crippen MR) is 104 cm³/mol. The van der Waals surface area contributed by atoms with Gasteiger partial charge in [0.2, 0.25) is 10.0 Å². The average molecular weight is 393 g/mol. The Balaban J connectivity index is 2.12. The molecule has 1 atom stereocenters. The van der Waals surface area contributed by atoms with Crippen LogP contribution in [-0.4, -0.2) is 27.4 Å². The fourth-order valence-electron chi connectivity index (χ4n) is 2.34. The first-order valence-electron chi connectivity index (χ1n) is 8.08. The molecule has 0 saturated carbocycles. The van der Waals surface area contributed by atoms with E-state index in [0.717, 1.165) is 5.56 Å². The number of hydrogen-bond acceptors (Lipinski definition) is 3. The summed E-state index contributed by atoms with van der Waals surface area (Å²) < 4.78 is 26.9. The van der Waals surface area contributed by atoms with E-state index >= 15 is 0 Å². The van der Waals surface area contributed by atoms with Crippen molar-refractivity contribution in [1.29, 1.82) is 0 Å². The van der Waals surface area contributed by atoms with Crippen molar-refractivity contribution in [3.05, 3.63) is 77.3 Å². The molecular formula is C19H21ClN2O3S. The molecule has 2 aromatic carbocycles. The zero-order chi connectivity index (χ0) is 19.2. The molecule has 0 spiro atoms. The summed E-state index contributed by atoms with van der Waals surface area (Å²) in [6.45, 7) is 5.98. The molecule has 1 amide bonds. The van der Waals surface area contributed by atoms with E-state index in [1.54, 1.807) is 0 Å². The maximum Gasteiger partial charge on any atom is 0.251 e. The van der Waals surface area contributed by atoms with Crippen molar-refractivity contribution in [3.63, 3.8) is 0 Å². The number of rotatable bonds is 8. The van der Waals surface area contributed by atoms with Gasteiger partial charge >= 0.3 is 0 Å². The molecule has 0 saturated heterocycles. The van der Waals surface area contributed by atoms with Gasteiger partial charge in [-0.25, -0.2) is 13.1 Å². The number of nitrogens with one attached hydrogen (secondary N) is 2. The van der Waals surface area contributed by atoms with Gasteiger partial charge in [0.25, 0.3) is 5.91 Å². The highest BCUT2D eigenvalue weighted by atomic mass is 35.5. The maximum absolute atomic E-state index is 12.4. The fraction of sp³-hybridized carbons (Fsp3) is 0.211. The van der Waals surface area contributed by atoms with E-state index in [0.29, 0.717) is 6.54 Å². The summed E-state index contributed by atoms with van der Waals surface area (Å²) in [5.41, 5.74) is 1.34. The van der Waals surface area contributed by atoms with Gasteiger partial charge in [0, 0.05) is 18.7 Å². The summed E-state index contributed by atoms with van der Waals surface area (Å²) in [6, 6.07) is 14.0. The molecule has 26 heavy (non-hydrogen) atoms. The molecule has 0 heterocycles. The lowest BCUT2D eigenvalue weighted by Gasteiger charge is -2.14. The highest BCUT2D eigenvalue weighted by Gasteiger charge is 2.19. The number of carbonyl (C=O) groups excluding carboxylic acids is 1. The van der Waals surface area contributed by atoms with E-state index in [-0.39, 0.29) is 33.9 Å². The second kappa shape index (κ2) is 8.98. The van der Waals surface area contributed by atoms with E-state index in [4.69, 9.17) is 11.6 Å². The van der Waals surface area contributed by atoms with Crippen LogP contribution in [0.1, 0.15) is 28.8 Å². The molecule has 5 nitrogen and oxygen atoms in total. The molecule has 0 radical (unpaired) electrons. The fourth-order valence-corrected chi connectivity index (χ4v) is 3.87. The highest BCUT2D eigenvalue weighted by molar-refractivity contribution is 7.89. The van der Waals surface area contributed by atoms with Gasteiger partial charge in [-0.2, -0.15) is 0 Å². The SMILES string of the molecule is C=CCNS(=O)(=O)c1cc(C(=O)NC[C@H](C)c2ccccc2)ccc1Cl. The molecule has 0 aliphatic rings. The summed E-state index contributed by atoms with van der Waals surface area (Å²) >= 11 is 6.00. The van der Waals surface area contributed by atoms with Crippen molar-refractivity contribution >= 4 is 27.5 Å². The van der Waals surface area contributed by atoms with Crippen LogP contribution < -0.4 is 10.0 Å². The van der Waals surface area contributed by atoms with Crippen molar-refractivity contribution in [2.24, 2.45) is 0 Å². The molecule has 2 N–H and O–H groups in total. The number of benzene rings is 2. The Morgan fingerprint density at radius 2 is 1.92 bits per heavy atom. The predicted octanol–water partition coefficient (Wildman–Crippen LogP) is 3.34. The van der Waals surface area contributed by atoms with Crippen LogP contribution in [0.4, 0.5) is 0 Å². The largest absolute Gasteiger partial charge is 0.351 e. The molecule has 0 unspecified atom stereocenters. The summed E-state index contributed by atoms with van der Waals surface area (Å²) in [7, 11) is -3.82. The second-order valence-electron chi connectivity index (χ2n) is 5.81. The molecule has 0 bridgehead atoms. The van der Waals surface area contributed by atoms with E-state index < -0.39 is 10.0 Å². The van der Waals surface area contributed by atoms with Gasteiger partial charge in [-0.3, -0.25) is 4.79 Å². The first-order chi connectivity index (χ1) is 12.3. The number of hydrogen-bond donors (Lipinski definition) is 2. The van der Waals surface area contributed by atoms with Crippen molar-refractivity contribution in [2.75, 3.05) is 13.1 Å². The molecule has 0 aromatic heterocycles. The van der Waals surface area contributed by atoms with Crippen molar-refractivity contribution in [3.8, 4) is 0 Å². The lowest BCUT2D eigenvalue weighted by Crippen LogP contribution is -2.28. The molecule has 0 aliphatic heterocycles. The first kappa shape index (κ1) is 20.2. The highest BCUT2D eigenvalue weighted by Crippen LogP contribution is 2.23. The summed E-state index contributed by atoms with van der Waals surface area (Å²) in [6.07, 6.45) is 1.42. The average Bonchev–Trinajstić information content (AvgIpc) is 2.65. The van der Waals surface area contributed by atoms with Crippen LogP contribution in [0.25, 0.3) is 0 Å². The molecule has 2 rings (SSSR count). The van der Waals surface area contributed by atoms with E-state index in [1.165, 1.54) is 24.3 Å². The lowest BCUT2D eigenvalue weighted by molar-refractivity contribution is 0.0951. The zero-order valence-electron chi connectivity index (χ0n) is 14.4. The third-order valence-corrected chi connectivity index (χ3v) is 5.74. The third-order valence-electron chi connectivity index (χ3n) is 3.84. The van der Waals surface area contributed by atoms with Crippen LogP contribution in [0, 0.1) is 0 Å². The van der Waals surface area contributed by atoms with Crippen LogP contribution in [0.15, 0.2) is 66.1 Å². The standard InChI is InChI=1S/C19H21ClN2O3S/c1-3-11-22-26(24,25)18-12-16(9-10-17(18)20)19(23)21-13-14(2)15-7-5-4-6-8-15/h3-10,12,14,22H,1,11,13H2,2H3,(H,21,23)/t14-/m0/s1. The molecular weight excluding hydrogens is 372 g/mol. The lowest BCUT2D eigenvalue weighted by atomic mass is 10.0.